The molecule has 1 aliphatic carbocycles. The van der Waals surface area contributed by atoms with Crippen LogP contribution in [0.3, 0.4) is 0 Å². The van der Waals surface area contributed by atoms with Crippen LogP contribution in [0.15, 0.2) is 18.3 Å². The molecular weight excluding hydrogens is 263 g/mol. The Bertz CT molecular complexity index is 513. The fraction of sp³-hybridized carbons (Fsp3) is 0.500. The Balaban J connectivity index is 2.15. The molecular formula is C14H17FN2O3. The number of nitrogens with zero attached hydrogens (tertiary/aromatic N) is 1. The lowest BCUT2D eigenvalue weighted by Gasteiger charge is -2.37. The number of aromatic nitrogens is 1. The summed E-state index contributed by atoms with van der Waals surface area (Å²) in [5, 5.41) is 11.8. The largest absolute Gasteiger partial charge is 0.481 e. The number of nitrogens with one attached hydrogen (secondary N) is 1. The molecule has 0 bridgehead atoms. The molecule has 5 nitrogen and oxygen atoms in total. The first-order valence-corrected chi connectivity index (χ1v) is 6.67. The van der Waals surface area contributed by atoms with E-state index in [9.17, 15) is 14.0 Å². The van der Waals surface area contributed by atoms with Crippen molar-refractivity contribution in [3.8, 4) is 0 Å². The van der Waals surface area contributed by atoms with Crippen LogP contribution >= 0.6 is 0 Å². The molecule has 1 saturated carbocycles. The fourth-order valence-corrected chi connectivity index (χ4v) is 2.72. The number of carboxylic acids is 1. The lowest BCUT2D eigenvalue weighted by molar-refractivity contribution is -0.139. The van der Waals surface area contributed by atoms with Crippen molar-refractivity contribution in [3.05, 3.63) is 29.8 Å². The van der Waals surface area contributed by atoms with Gasteiger partial charge in [0, 0.05) is 17.8 Å². The summed E-state index contributed by atoms with van der Waals surface area (Å²) in [7, 11) is 0. The third-order valence-electron chi connectivity index (χ3n) is 3.67. The third-order valence-corrected chi connectivity index (χ3v) is 3.67. The lowest BCUT2D eigenvalue weighted by atomic mass is 9.79. The van der Waals surface area contributed by atoms with Crippen LogP contribution in [-0.4, -0.2) is 27.5 Å². The monoisotopic (exact) mass is 280 g/mol. The van der Waals surface area contributed by atoms with Crippen molar-refractivity contribution in [3.63, 3.8) is 0 Å². The number of aliphatic carboxylic acids is 1. The maximum Gasteiger partial charge on any atom is 0.305 e. The van der Waals surface area contributed by atoms with Gasteiger partial charge >= 0.3 is 5.97 Å². The average Bonchev–Trinajstić information content (AvgIpc) is 2.38. The van der Waals surface area contributed by atoms with Crippen LogP contribution in [0.5, 0.6) is 0 Å². The molecule has 2 rings (SSSR count). The molecule has 0 aliphatic heterocycles. The van der Waals surface area contributed by atoms with Gasteiger partial charge in [-0.25, -0.2) is 4.98 Å². The highest BCUT2D eigenvalue weighted by atomic mass is 19.1. The normalized spacial score (nSPS) is 17.4. The van der Waals surface area contributed by atoms with Crippen LogP contribution in [-0.2, 0) is 4.79 Å². The van der Waals surface area contributed by atoms with Crippen LogP contribution in [0, 0.1) is 5.95 Å². The summed E-state index contributed by atoms with van der Waals surface area (Å²) in [5.74, 6) is -2.11. The third kappa shape index (κ3) is 3.53. The Morgan fingerprint density at radius 3 is 2.65 bits per heavy atom. The van der Waals surface area contributed by atoms with Gasteiger partial charge in [0.05, 0.1) is 12.0 Å². The van der Waals surface area contributed by atoms with E-state index in [-0.39, 0.29) is 12.0 Å². The van der Waals surface area contributed by atoms with Gasteiger partial charge in [0.2, 0.25) is 5.95 Å². The van der Waals surface area contributed by atoms with E-state index in [0.717, 1.165) is 25.3 Å². The van der Waals surface area contributed by atoms with Crippen LogP contribution in [0.4, 0.5) is 4.39 Å². The molecule has 0 aromatic carbocycles. The van der Waals surface area contributed by atoms with Crippen molar-refractivity contribution in [2.24, 2.45) is 0 Å². The van der Waals surface area contributed by atoms with E-state index >= 15 is 0 Å². The number of rotatable bonds is 4. The van der Waals surface area contributed by atoms with E-state index in [1.807, 2.05) is 0 Å². The molecule has 1 aliphatic rings. The van der Waals surface area contributed by atoms with Gasteiger partial charge in [-0.05, 0) is 18.9 Å². The molecule has 0 atom stereocenters. The second-order valence-electron chi connectivity index (χ2n) is 5.23. The number of hydrogen-bond donors (Lipinski definition) is 2. The van der Waals surface area contributed by atoms with Gasteiger partial charge in [-0.2, -0.15) is 4.39 Å². The van der Waals surface area contributed by atoms with Gasteiger partial charge in [0.1, 0.15) is 0 Å². The SMILES string of the molecule is O=C(O)CC1(NC(=O)c2ccnc(F)c2)CCCCC1. The molecule has 1 aromatic rings. The zero-order valence-electron chi connectivity index (χ0n) is 11.1. The molecule has 0 unspecified atom stereocenters. The number of pyridine rings is 1. The van der Waals surface area contributed by atoms with Crippen molar-refractivity contribution in [2.45, 2.75) is 44.1 Å². The predicted molar refractivity (Wildman–Crippen MR) is 69.7 cm³/mol. The molecule has 1 fully saturated rings. The quantitative estimate of drug-likeness (QED) is 0.828. The first-order valence-electron chi connectivity index (χ1n) is 6.67. The van der Waals surface area contributed by atoms with Crippen LogP contribution in [0.25, 0.3) is 0 Å². The van der Waals surface area contributed by atoms with E-state index in [2.05, 4.69) is 10.3 Å². The maximum atomic E-state index is 13.0. The van der Waals surface area contributed by atoms with E-state index in [0.29, 0.717) is 12.8 Å². The molecule has 20 heavy (non-hydrogen) atoms. The summed E-state index contributed by atoms with van der Waals surface area (Å²) in [6.45, 7) is 0. The summed E-state index contributed by atoms with van der Waals surface area (Å²) in [6, 6.07) is 2.46. The number of carboxylic acid groups (broad SMARTS) is 1. The van der Waals surface area contributed by atoms with Gasteiger partial charge < -0.3 is 10.4 Å². The molecule has 6 heteroatoms. The summed E-state index contributed by atoms with van der Waals surface area (Å²) < 4.78 is 13.0. The van der Waals surface area contributed by atoms with Gasteiger partial charge in [0.25, 0.3) is 5.91 Å². The lowest BCUT2D eigenvalue weighted by Crippen LogP contribution is -2.51. The second kappa shape index (κ2) is 5.98. The van der Waals surface area contributed by atoms with Crippen LogP contribution < -0.4 is 5.32 Å². The fourth-order valence-electron chi connectivity index (χ4n) is 2.72. The number of halogens is 1. The summed E-state index contributed by atoms with van der Waals surface area (Å²) in [6.07, 6.45) is 5.20. The molecule has 1 heterocycles. The van der Waals surface area contributed by atoms with E-state index < -0.39 is 23.4 Å². The van der Waals surface area contributed by atoms with Crippen molar-refractivity contribution < 1.29 is 19.1 Å². The highest BCUT2D eigenvalue weighted by Crippen LogP contribution is 2.31. The molecule has 1 amide bonds. The Morgan fingerprint density at radius 2 is 2.05 bits per heavy atom. The van der Waals surface area contributed by atoms with Crippen molar-refractivity contribution in [1.82, 2.24) is 10.3 Å². The maximum absolute atomic E-state index is 13.0. The number of hydrogen-bond acceptors (Lipinski definition) is 3. The smallest absolute Gasteiger partial charge is 0.305 e. The minimum absolute atomic E-state index is 0.105. The Morgan fingerprint density at radius 1 is 1.35 bits per heavy atom. The van der Waals surface area contributed by atoms with Crippen LogP contribution in [0.2, 0.25) is 0 Å². The molecule has 1 aromatic heterocycles. The van der Waals surface area contributed by atoms with Gasteiger partial charge in [-0.3, -0.25) is 9.59 Å². The minimum Gasteiger partial charge on any atom is -0.481 e. The standard InChI is InChI=1S/C14H17FN2O3/c15-11-8-10(4-7-16-11)13(20)17-14(9-12(18)19)5-2-1-3-6-14/h4,7-8H,1-3,5-6,9H2,(H,17,20)(H,18,19). The molecule has 108 valence electrons. The predicted octanol–water partition coefficient (Wildman–Crippen LogP) is 2.13. The van der Waals surface area contributed by atoms with Gasteiger partial charge in [-0.1, -0.05) is 19.3 Å². The number of carbonyl (C=O) groups is 2. The molecule has 0 spiro atoms. The highest BCUT2D eigenvalue weighted by molar-refractivity contribution is 5.94. The zero-order valence-corrected chi connectivity index (χ0v) is 11.1. The summed E-state index contributed by atoms with van der Waals surface area (Å²) in [5.41, 5.74) is -0.561. The first-order chi connectivity index (χ1) is 9.51. The minimum atomic E-state index is -0.937. The van der Waals surface area contributed by atoms with E-state index in [1.54, 1.807) is 0 Å². The van der Waals surface area contributed by atoms with Crippen molar-refractivity contribution in [2.75, 3.05) is 0 Å². The van der Waals surface area contributed by atoms with Crippen LogP contribution in [0.1, 0.15) is 48.9 Å². The highest BCUT2D eigenvalue weighted by Gasteiger charge is 2.36. The van der Waals surface area contributed by atoms with Crippen molar-refractivity contribution >= 4 is 11.9 Å². The average molecular weight is 280 g/mol. The number of carbonyl (C=O) groups excluding carboxylic acids is 1. The first kappa shape index (κ1) is 14.4. The van der Waals surface area contributed by atoms with E-state index in [1.165, 1.54) is 12.3 Å². The topological polar surface area (TPSA) is 79.3 Å². The summed E-state index contributed by atoms with van der Waals surface area (Å²) >= 11 is 0. The van der Waals surface area contributed by atoms with Crippen molar-refractivity contribution in [1.29, 1.82) is 0 Å². The Labute approximate surface area is 116 Å². The Hall–Kier alpha value is -1.98. The molecule has 0 radical (unpaired) electrons. The second-order valence-corrected chi connectivity index (χ2v) is 5.23. The van der Waals surface area contributed by atoms with E-state index in [4.69, 9.17) is 5.11 Å². The molecule has 2 N–H and O–H groups in total. The Kier molecular flexibility index (Phi) is 4.32. The molecule has 0 saturated heterocycles. The zero-order chi connectivity index (χ0) is 14.6. The van der Waals surface area contributed by atoms with Gasteiger partial charge in [-0.15, -0.1) is 0 Å². The summed E-state index contributed by atoms with van der Waals surface area (Å²) in [4.78, 5) is 26.6. The van der Waals surface area contributed by atoms with Gasteiger partial charge in [0.15, 0.2) is 0 Å². The number of amides is 1.